The lowest BCUT2D eigenvalue weighted by Gasteiger charge is -2.37. The van der Waals surface area contributed by atoms with E-state index in [1.165, 1.54) is 0 Å². The third kappa shape index (κ3) is 4.22. The van der Waals surface area contributed by atoms with Crippen molar-refractivity contribution in [3.8, 4) is 0 Å². The number of nitrogens with one attached hydrogen (secondary N) is 1. The first-order chi connectivity index (χ1) is 8.97. The van der Waals surface area contributed by atoms with Crippen molar-refractivity contribution in [2.24, 2.45) is 5.73 Å². The van der Waals surface area contributed by atoms with Gasteiger partial charge in [0, 0.05) is 23.0 Å². The molecular weight excluding hydrogens is 260 g/mol. The molecule has 1 unspecified atom stereocenters. The molecule has 1 aromatic rings. The Morgan fingerprint density at radius 2 is 2.26 bits per heavy atom. The number of hydrogen-bond acceptors (Lipinski definition) is 2. The third-order valence-corrected chi connectivity index (χ3v) is 3.94. The van der Waals surface area contributed by atoms with Gasteiger partial charge in [0.15, 0.2) is 0 Å². The minimum atomic E-state index is -0.250. The Kier molecular flexibility index (Phi) is 4.48. The number of amides is 1. The molecule has 1 aliphatic carbocycles. The van der Waals surface area contributed by atoms with Gasteiger partial charge >= 0.3 is 0 Å². The molecule has 0 saturated heterocycles. The molecule has 4 heteroatoms. The number of halogens is 1. The first kappa shape index (κ1) is 14.4. The second-order valence-electron chi connectivity index (χ2n) is 5.70. The molecule has 104 valence electrons. The zero-order valence-electron chi connectivity index (χ0n) is 11.3. The highest BCUT2D eigenvalue weighted by Gasteiger charge is 2.34. The summed E-state index contributed by atoms with van der Waals surface area (Å²) in [4.78, 5) is 11.9. The first-order valence-electron chi connectivity index (χ1n) is 6.80. The fraction of sp³-hybridized carbons (Fsp3) is 0.533. The number of nitrogens with two attached hydrogens (primary N) is 1. The average molecular weight is 281 g/mol. The number of hydrogen-bond donors (Lipinski definition) is 2. The van der Waals surface area contributed by atoms with E-state index >= 15 is 0 Å². The highest BCUT2D eigenvalue weighted by molar-refractivity contribution is 6.30. The SMILES string of the molecule is CC(Cc1cccc(Cl)c1)NC(=O)CC1(N)CCC1. The first-order valence-corrected chi connectivity index (χ1v) is 7.17. The summed E-state index contributed by atoms with van der Waals surface area (Å²) in [6.07, 6.45) is 4.28. The van der Waals surface area contributed by atoms with E-state index in [0.717, 1.165) is 36.3 Å². The molecule has 1 fully saturated rings. The van der Waals surface area contributed by atoms with Gasteiger partial charge in [-0.3, -0.25) is 4.79 Å². The Bertz CT molecular complexity index is 457. The minimum absolute atomic E-state index is 0.0525. The summed E-state index contributed by atoms with van der Waals surface area (Å²) in [6, 6.07) is 7.82. The molecule has 0 heterocycles. The Hall–Kier alpha value is -1.06. The zero-order chi connectivity index (χ0) is 13.9. The molecule has 1 atom stereocenters. The van der Waals surface area contributed by atoms with Crippen LogP contribution >= 0.6 is 11.6 Å². The molecule has 0 spiro atoms. The van der Waals surface area contributed by atoms with Crippen molar-refractivity contribution in [2.45, 2.75) is 50.6 Å². The van der Waals surface area contributed by atoms with Crippen molar-refractivity contribution >= 4 is 17.5 Å². The summed E-state index contributed by atoms with van der Waals surface area (Å²) in [6.45, 7) is 2.00. The van der Waals surface area contributed by atoms with E-state index in [2.05, 4.69) is 5.32 Å². The summed E-state index contributed by atoms with van der Waals surface area (Å²) >= 11 is 5.94. The average Bonchev–Trinajstić information content (AvgIpc) is 2.26. The second-order valence-corrected chi connectivity index (χ2v) is 6.13. The number of rotatable bonds is 5. The summed E-state index contributed by atoms with van der Waals surface area (Å²) in [5.41, 5.74) is 6.95. The summed E-state index contributed by atoms with van der Waals surface area (Å²) in [5, 5.41) is 3.74. The Labute approximate surface area is 119 Å². The van der Waals surface area contributed by atoms with E-state index in [1.807, 2.05) is 31.2 Å². The van der Waals surface area contributed by atoms with Crippen LogP contribution in [0.15, 0.2) is 24.3 Å². The standard InChI is InChI=1S/C15H21ClN2O/c1-11(8-12-4-2-5-13(16)9-12)18-14(19)10-15(17)6-3-7-15/h2,4-5,9,11H,3,6-8,10,17H2,1H3,(H,18,19). The van der Waals surface area contributed by atoms with Crippen LogP contribution in [0.4, 0.5) is 0 Å². The second kappa shape index (κ2) is 5.93. The van der Waals surface area contributed by atoms with Gasteiger partial charge in [-0.15, -0.1) is 0 Å². The molecular formula is C15H21ClN2O. The van der Waals surface area contributed by atoms with Crippen LogP contribution in [0.2, 0.25) is 5.02 Å². The molecule has 0 aromatic heterocycles. The summed E-state index contributed by atoms with van der Waals surface area (Å²) < 4.78 is 0. The van der Waals surface area contributed by atoms with Crippen molar-refractivity contribution in [1.82, 2.24) is 5.32 Å². The molecule has 3 nitrogen and oxygen atoms in total. The smallest absolute Gasteiger partial charge is 0.222 e. The van der Waals surface area contributed by atoms with Crippen molar-refractivity contribution in [1.29, 1.82) is 0 Å². The van der Waals surface area contributed by atoms with Gasteiger partial charge in [0.2, 0.25) is 5.91 Å². The van der Waals surface area contributed by atoms with E-state index in [-0.39, 0.29) is 17.5 Å². The maximum absolute atomic E-state index is 11.9. The highest BCUT2D eigenvalue weighted by Crippen LogP contribution is 2.31. The molecule has 0 radical (unpaired) electrons. The molecule has 1 aromatic carbocycles. The Balaban J connectivity index is 1.80. The van der Waals surface area contributed by atoms with E-state index in [4.69, 9.17) is 17.3 Å². The van der Waals surface area contributed by atoms with Crippen molar-refractivity contribution < 1.29 is 4.79 Å². The quantitative estimate of drug-likeness (QED) is 0.871. The molecule has 1 saturated carbocycles. The van der Waals surface area contributed by atoms with Gasteiger partial charge in [0.1, 0.15) is 0 Å². The Morgan fingerprint density at radius 1 is 1.53 bits per heavy atom. The van der Waals surface area contributed by atoms with E-state index in [0.29, 0.717) is 6.42 Å². The zero-order valence-corrected chi connectivity index (χ0v) is 12.0. The van der Waals surface area contributed by atoms with Gasteiger partial charge in [0.25, 0.3) is 0 Å². The predicted octanol–water partition coefficient (Wildman–Crippen LogP) is 2.66. The molecule has 0 aliphatic heterocycles. The number of benzene rings is 1. The van der Waals surface area contributed by atoms with Gasteiger partial charge in [-0.2, -0.15) is 0 Å². The fourth-order valence-electron chi connectivity index (χ4n) is 2.52. The summed E-state index contributed by atoms with van der Waals surface area (Å²) in [7, 11) is 0. The molecule has 1 aliphatic rings. The van der Waals surface area contributed by atoms with Gasteiger partial charge < -0.3 is 11.1 Å². The number of carbonyl (C=O) groups is 1. The monoisotopic (exact) mass is 280 g/mol. The van der Waals surface area contributed by atoms with Crippen LogP contribution in [0.5, 0.6) is 0 Å². The van der Waals surface area contributed by atoms with Crippen LogP contribution in [0.1, 0.15) is 38.2 Å². The van der Waals surface area contributed by atoms with Gasteiger partial charge in [-0.05, 0) is 50.3 Å². The third-order valence-electron chi connectivity index (χ3n) is 3.70. The largest absolute Gasteiger partial charge is 0.353 e. The van der Waals surface area contributed by atoms with Crippen LogP contribution in [0.25, 0.3) is 0 Å². The molecule has 1 amide bonds. The normalized spacial score (nSPS) is 18.5. The van der Waals surface area contributed by atoms with Crippen molar-refractivity contribution in [3.05, 3.63) is 34.9 Å². The molecule has 2 rings (SSSR count). The van der Waals surface area contributed by atoms with Crippen LogP contribution in [-0.4, -0.2) is 17.5 Å². The lowest BCUT2D eigenvalue weighted by molar-refractivity contribution is -0.123. The van der Waals surface area contributed by atoms with Crippen LogP contribution in [-0.2, 0) is 11.2 Å². The highest BCUT2D eigenvalue weighted by atomic mass is 35.5. The number of carbonyl (C=O) groups excluding carboxylic acids is 1. The lowest BCUT2D eigenvalue weighted by Crippen LogP contribution is -2.50. The molecule has 0 bridgehead atoms. The van der Waals surface area contributed by atoms with Crippen LogP contribution in [0, 0.1) is 0 Å². The van der Waals surface area contributed by atoms with Crippen molar-refractivity contribution in [2.75, 3.05) is 0 Å². The fourth-order valence-corrected chi connectivity index (χ4v) is 2.73. The van der Waals surface area contributed by atoms with Crippen LogP contribution in [0.3, 0.4) is 0 Å². The van der Waals surface area contributed by atoms with E-state index < -0.39 is 0 Å². The Morgan fingerprint density at radius 3 is 2.84 bits per heavy atom. The molecule has 3 N–H and O–H groups in total. The topological polar surface area (TPSA) is 55.1 Å². The minimum Gasteiger partial charge on any atom is -0.353 e. The van der Waals surface area contributed by atoms with Gasteiger partial charge in [-0.1, -0.05) is 23.7 Å². The van der Waals surface area contributed by atoms with Gasteiger partial charge in [-0.25, -0.2) is 0 Å². The van der Waals surface area contributed by atoms with Crippen LogP contribution < -0.4 is 11.1 Å². The van der Waals surface area contributed by atoms with E-state index in [1.54, 1.807) is 0 Å². The molecule has 19 heavy (non-hydrogen) atoms. The van der Waals surface area contributed by atoms with Gasteiger partial charge in [0.05, 0.1) is 0 Å². The van der Waals surface area contributed by atoms with Crippen molar-refractivity contribution in [3.63, 3.8) is 0 Å². The summed E-state index contributed by atoms with van der Waals surface area (Å²) in [5.74, 6) is 0.0525. The van der Waals surface area contributed by atoms with E-state index in [9.17, 15) is 4.79 Å². The lowest BCUT2D eigenvalue weighted by atomic mass is 9.75. The predicted molar refractivity (Wildman–Crippen MR) is 78.1 cm³/mol. The maximum Gasteiger partial charge on any atom is 0.222 e. The maximum atomic E-state index is 11.9.